The SMILES string of the molecule is CC(C)(C)c1ccc(S[C@@H]2CCC[C@@H]2O)c(C(C)(C)C)c1. The van der Waals surface area contributed by atoms with Gasteiger partial charge < -0.3 is 5.11 Å². The lowest BCUT2D eigenvalue weighted by molar-refractivity contribution is 0.188. The molecule has 2 atom stereocenters. The number of hydrogen-bond acceptors (Lipinski definition) is 2. The van der Waals surface area contributed by atoms with Crippen LogP contribution in [-0.4, -0.2) is 16.5 Å². The maximum Gasteiger partial charge on any atom is 0.0662 e. The third-order valence-electron chi connectivity index (χ3n) is 4.35. The van der Waals surface area contributed by atoms with E-state index < -0.39 is 0 Å². The molecule has 1 aromatic carbocycles. The van der Waals surface area contributed by atoms with Gasteiger partial charge in [0, 0.05) is 10.1 Å². The van der Waals surface area contributed by atoms with Crippen molar-refractivity contribution in [1.29, 1.82) is 0 Å². The first-order chi connectivity index (χ1) is 9.59. The molecule has 0 amide bonds. The van der Waals surface area contributed by atoms with Gasteiger partial charge in [-0.1, -0.05) is 53.7 Å². The predicted molar refractivity (Wildman–Crippen MR) is 93.3 cm³/mol. The van der Waals surface area contributed by atoms with Crippen molar-refractivity contribution in [1.82, 2.24) is 0 Å². The number of aliphatic hydroxyl groups excluding tert-OH is 1. The molecule has 1 saturated carbocycles. The van der Waals surface area contributed by atoms with Crippen molar-refractivity contribution in [2.45, 2.75) is 87.9 Å². The van der Waals surface area contributed by atoms with E-state index in [9.17, 15) is 5.11 Å². The minimum Gasteiger partial charge on any atom is -0.392 e. The van der Waals surface area contributed by atoms with Crippen LogP contribution in [0, 0.1) is 0 Å². The lowest BCUT2D eigenvalue weighted by Gasteiger charge is -2.28. The van der Waals surface area contributed by atoms with Crippen LogP contribution in [-0.2, 0) is 10.8 Å². The van der Waals surface area contributed by atoms with Crippen molar-refractivity contribution in [3.05, 3.63) is 29.3 Å². The molecule has 1 aliphatic rings. The van der Waals surface area contributed by atoms with Crippen molar-refractivity contribution in [2.24, 2.45) is 0 Å². The average molecular weight is 307 g/mol. The number of hydrogen-bond donors (Lipinski definition) is 1. The van der Waals surface area contributed by atoms with Gasteiger partial charge in [0.25, 0.3) is 0 Å². The van der Waals surface area contributed by atoms with E-state index >= 15 is 0 Å². The van der Waals surface area contributed by atoms with Gasteiger partial charge in [0.1, 0.15) is 0 Å². The highest BCUT2D eigenvalue weighted by Gasteiger charge is 2.29. The van der Waals surface area contributed by atoms with E-state index in [-0.39, 0.29) is 16.9 Å². The van der Waals surface area contributed by atoms with Gasteiger partial charge in [-0.15, -0.1) is 11.8 Å². The van der Waals surface area contributed by atoms with E-state index in [1.165, 1.54) is 16.0 Å². The van der Waals surface area contributed by atoms with Gasteiger partial charge in [0.05, 0.1) is 6.10 Å². The zero-order valence-corrected chi connectivity index (χ0v) is 15.2. The molecule has 118 valence electrons. The Morgan fingerprint density at radius 3 is 2.14 bits per heavy atom. The maximum absolute atomic E-state index is 10.1. The van der Waals surface area contributed by atoms with Crippen LogP contribution in [0.15, 0.2) is 23.1 Å². The number of thioether (sulfide) groups is 1. The fourth-order valence-electron chi connectivity index (χ4n) is 2.89. The first kappa shape index (κ1) is 16.9. The molecule has 0 unspecified atom stereocenters. The summed E-state index contributed by atoms with van der Waals surface area (Å²) < 4.78 is 0. The second-order valence-electron chi connectivity index (χ2n) is 8.37. The van der Waals surface area contributed by atoms with Gasteiger partial charge >= 0.3 is 0 Å². The largest absolute Gasteiger partial charge is 0.392 e. The van der Waals surface area contributed by atoms with Crippen LogP contribution >= 0.6 is 11.8 Å². The summed E-state index contributed by atoms with van der Waals surface area (Å²) in [5.41, 5.74) is 3.12. The van der Waals surface area contributed by atoms with Crippen molar-refractivity contribution in [2.75, 3.05) is 0 Å². The number of rotatable bonds is 2. The van der Waals surface area contributed by atoms with Crippen molar-refractivity contribution in [3.8, 4) is 0 Å². The standard InChI is InChI=1S/C19H30OS/c1-18(2,3)13-10-11-16(14(12-13)19(4,5)6)21-17-9-7-8-15(17)20/h10-12,15,17,20H,7-9H2,1-6H3/t15-,17+/m0/s1. The maximum atomic E-state index is 10.1. The molecule has 1 nitrogen and oxygen atoms in total. The van der Waals surface area contributed by atoms with Gasteiger partial charge in [0.2, 0.25) is 0 Å². The van der Waals surface area contributed by atoms with Gasteiger partial charge in [-0.3, -0.25) is 0 Å². The Morgan fingerprint density at radius 1 is 1.00 bits per heavy atom. The predicted octanol–water partition coefficient (Wildman–Crippen LogP) is 5.29. The van der Waals surface area contributed by atoms with Gasteiger partial charge in [0.15, 0.2) is 0 Å². The smallest absolute Gasteiger partial charge is 0.0662 e. The van der Waals surface area contributed by atoms with Gasteiger partial charge in [-0.25, -0.2) is 0 Å². The topological polar surface area (TPSA) is 20.2 Å². The monoisotopic (exact) mass is 306 g/mol. The van der Waals surface area contributed by atoms with Crippen LogP contribution in [0.3, 0.4) is 0 Å². The summed E-state index contributed by atoms with van der Waals surface area (Å²) in [6.07, 6.45) is 3.12. The summed E-state index contributed by atoms with van der Waals surface area (Å²) in [4.78, 5) is 1.35. The molecule has 0 heterocycles. The summed E-state index contributed by atoms with van der Waals surface area (Å²) in [5.74, 6) is 0. The molecule has 2 heteroatoms. The first-order valence-corrected chi connectivity index (χ1v) is 8.97. The van der Waals surface area contributed by atoms with E-state index in [4.69, 9.17) is 0 Å². The number of aliphatic hydroxyl groups is 1. The molecule has 0 spiro atoms. The minimum absolute atomic E-state index is 0.132. The molecular weight excluding hydrogens is 276 g/mol. The normalized spacial score (nSPS) is 23.6. The summed E-state index contributed by atoms with van der Waals surface area (Å²) in [5, 5.41) is 10.5. The lowest BCUT2D eigenvalue weighted by atomic mass is 9.81. The molecule has 0 aliphatic heterocycles. The third-order valence-corrected chi connectivity index (χ3v) is 5.81. The molecule has 0 radical (unpaired) electrons. The lowest BCUT2D eigenvalue weighted by Crippen LogP contribution is -2.19. The van der Waals surface area contributed by atoms with Crippen LogP contribution in [0.2, 0.25) is 0 Å². The molecule has 0 bridgehead atoms. The van der Waals surface area contributed by atoms with Crippen LogP contribution in [0.5, 0.6) is 0 Å². The zero-order valence-electron chi connectivity index (χ0n) is 14.4. The molecule has 1 fully saturated rings. The summed E-state index contributed by atoms with van der Waals surface area (Å²) in [6, 6.07) is 6.92. The fraction of sp³-hybridized carbons (Fsp3) is 0.684. The van der Waals surface area contributed by atoms with Gasteiger partial charge in [-0.2, -0.15) is 0 Å². The minimum atomic E-state index is -0.134. The highest BCUT2D eigenvalue weighted by atomic mass is 32.2. The second kappa shape index (κ2) is 5.96. The highest BCUT2D eigenvalue weighted by molar-refractivity contribution is 8.00. The molecular formula is C19H30OS. The quantitative estimate of drug-likeness (QED) is 0.801. The highest BCUT2D eigenvalue weighted by Crippen LogP contribution is 2.41. The van der Waals surface area contributed by atoms with Crippen LogP contribution in [0.1, 0.15) is 71.9 Å². The Morgan fingerprint density at radius 2 is 1.67 bits per heavy atom. The van der Waals surface area contributed by atoms with Crippen LogP contribution in [0.25, 0.3) is 0 Å². The Balaban J connectivity index is 2.36. The molecule has 1 aliphatic carbocycles. The van der Waals surface area contributed by atoms with E-state index in [1.54, 1.807) is 0 Å². The van der Waals surface area contributed by atoms with Gasteiger partial charge in [-0.05, 0) is 47.3 Å². The Hall–Kier alpha value is -0.470. The van der Waals surface area contributed by atoms with Crippen molar-refractivity contribution < 1.29 is 5.11 Å². The Kier molecular flexibility index (Phi) is 4.80. The first-order valence-electron chi connectivity index (χ1n) is 8.09. The van der Waals surface area contributed by atoms with Crippen molar-refractivity contribution in [3.63, 3.8) is 0 Å². The summed E-state index contributed by atoms with van der Waals surface area (Å²) in [6.45, 7) is 13.6. The summed E-state index contributed by atoms with van der Waals surface area (Å²) >= 11 is 1.88. The van der Waals surface area contributed by atoms with E-state index in [0.29, 0.717) is 5.25 Å². The molecule has 1 N–H and O–H groups in total. The van der Waals surface area contributed by atoms with E-state index in [1.807, 2.05) is 11.8 Å². The zero-order chi connectivity index (χ0) is 15.8. The third kappa shape index (κ3) is 4.04. The molecule has 0 aromatic heterocycles. The molecule has 0 saturated heterocycles. The van der Waals surface area contributed by atoms with E-state index in [0.717, 1.165) is 19.3 Å². The Labute approximate surface area is 134 Å². The average Bonchev–Trinajstić information content (AvgIpc) is 2.73. The van der Waals surface area contributed by atoms with Crippen LogP contribution in [0.4, 0.5) is 0 Å². The van der Waals surface area contributed by atoms with Crippen LogP contribution < -0.4 is 0 Å². The van der Waals surface area contributed by atoms with Crippen molar-refractivity contribution >= 4 is 11.8 Å². The second-order valence-corrected chi connectivity index (χ2v) is 9.65. The van der Waals surface area contributed by atoms with E-state index in [2.05, 4.69) is 59.7 Å². The Bertz CT molecular complexity index is 493. The molecule has 21 heavy (non-hydrogen) atoms. The molecule has 2 rings (SSSR count). The number of benzene rings is 1. The summed E-state index contributed by atoms with van der Waals surface area (Å²) in [7, 11) is 0. The molecule has 1 aromatic rings. The fourth-order valence-corrected chi connectivity index (χ4v) is 4.43.